The minimum absolute atomic E-state index is 0.0249. The zero-order valence-electron chi connectivity index (χ0n) is 34.1. The van der Waals surface area contributed by atoms with Crippen LogP contribution < -0.4 is 24.8 Å². The smallest absolute Gasteiger partial charge is 0.408 e. The van der Waals surface area contributed by atoms with Gasteiger partial charge in [0.05, 0.1) is 28.7 Å². The molecule has 4 aliphatic carbocycles. The molecule has 2 aromatic rings. The Morgan fingerprint density at radius 1 is 0.984 bits per heavy atom. The van der Waals surface area contributed by atoms with Crippen LogP contribution in [0, 0.1) is 29.1 Å². The van der Waals surface area contributed by atoms with Gasteiger partial charge in [-0.2, -0.15) is 17.6 Å². The van der Waals surface area contributed by atoms with Crippen LogP contribution in [0.3, 0.4) is 0 Å². The number of aromatic nitrogens is 2. The highest BCUT2D eigenvalue weighted by Gasteiger charge is 2.67. The molecule has 5 fully saturated rings. The summed E-state index contributed by atoms with van der Waals surface area (Å²) in [6.45, 7) is 1.16. The van der Waals surface area contributed by atoms with Crippen molar-refractivity contribution in [2.45, 2.75) is 139 Å². The highest BCUT2D eigenvalue weighted by molar-refractivity contribution is 7.91. The van der Waals surface area contributed by atoms with Gasteiger partial charge in [0.15, 0.2) is 5.69 Å². The fraction of sp³-hybridized carbons (Fsp3) is 0.700. The molecule has 9 atom stereocenters. The van der Waals surface area contributed by atoms with E-state index in [9.17, 15) is 45.2 Å². The van der Waals surface area contributed by atoms with Crippen LogP contribution in [0.1, 0.15) is 90.7 Å². The number of fused-ring (bicyclic) bond motifs is 7. The quantitative estimate of drug-likeness (QED) is 0.296. The summed E-state index contributed by atoms with van der Waals surface area (Å²) >= 11 is 0. The van der Waals surface area contributed by atoms with Gasteiger partial charge < -0.3 is 29.7 Å². The largest absolute Gasteiger partial charge is 0.471 e. The highest BCUT2D eigenvalue weighted by Crippen LogP contribution is 2.58. The van der Waals surface area contributed by atoms with Crippen LogP contribution in [0.5, 0.6) is 11.6 Å². The Kier molecular flexibility index (Phi) is 11.3. The molecule has 0 spiro atoms. The Balaban J connectivity index is 1.16. The molecular weight excluding hydrogens is 855 g/mol. The van der Waals surface area contributed by atoms with Crippen molar-refractivity contribution in [2.75, 3.05) is 6.54 Å². The first-order valence-corrected chi connectivity index (χ1v) is 22.4. The van der Waals surface area contributed by atoms with E-state index in [1.165, 1.54) is 6.07 Å². The number of ether oxygens (including phenoxy) is 3. The predicted molar refractivity (Wildman–Crippen MR) is 204 cm³/mol. The summed E-state index contributed by atoms with van der Waals surface area (Å²) in [6.07, 6.45) is -4.95. The Morgan fingerprint density at radius 3 is 2.39 bits per heavy atom. The molecule has 3 heterocycles. The van der Waals surface area contributed by atoms with Crippen LogP contribution in [0.2, 0.25) is 0 Å². The van der Waals surface area contributed by atoms with Crippen molar-refractivity contribution in [1.82, 2.24) is 30.2 Å². The number of benzene rings is 1. The van der Waals surface area contributed by atoms with Crippen molar-refractivity contribution in [2.24, 2.45) is 29.1 Å². The number of sulfonamides is 1. The maximum Gasteiger partial charge on any atom is 0.408 e. The number of alkyl carbamates (subject to hydrolysis) is 1. The molecule has 1 saturated heterocycles. The molecule has 4 amide bonds. The van der Waals surface area contributed by atoms with Gasteiger partial charge in [-0.1, -0.05) is 27.2 Å². The predicted octanol–water partition coefficient (Wildman–Crippen LogP) is 5.16. The molecule has 4 saturated carbocycles. The van der Waals surface area contributed by atoms with Crippen molar-refractivity contribution >= 4 is 44.9 Å². The maximum atomic E-state index is 16.4. The van der Waals surface area contributed by atoms with E-state index in [0.717, 1.165) is 23.5 Å². The lowest BCUT2D eigenvalue weighted by atomic mass is 9.85. The molecule has 2 aliphatic heterocycles. The fourth-order valence-electron chi connectivity index (χ4n) is 9.39. The molecule has 1 aromatic heterocycles. The summed E-state index contributed by atoms with van der Waals surface area (Å²) in [6, 6.07) is 0.296. The van der Waals surface area contributed by atoms with Crippen molar-refractivity contribution in [3.05, 3.63) is 23.9 Å². The van der Waals surface area contributed by atoms with E-state index in [1.54, 1.807) is 20.8 Å². The fourth-order valence-corrected chi connectivity index (χ4v) is 10.8. The third-order valence-corrected chi connectivity index (χ3v) is 14.8. The van der Waals surface area contributed by atoms with Gasteiger partial charge in [-0.3, -0.25) is 19.1 Å². The summed E-state index contributed by atoms with van der Waals surface area (Å²) in [5, 5.41) is 4.06. The number of hydrogen-bond donors (Lipinski definition) is 3. The molecule has 3 N–H and O–H groups in total. The minimum atomic E-state index is -4.25. The summed E-state index contributed by atoms with van der Waals surface area (Å²) < 4.78 is 131. The van der Waals surface area contributed by atoms with Crippen LogP contribution >= 0.6 is 0 Å². The molecule has 2 bridgehead atoms. The molecule has 6 aliphatic rings. The molecule has 1 aromatic carbocycles. The van der Waals surface area contributed by atoms with Crippen LogP contribution in [-0.4, -0.2) is 102 Å². The van der Waals surface area contributed by atoms with E-state index in [0.29, 0.717) is 25.2 Å². The monoisotopic (exact) mass is 902 g/mol. The number of alkyl halides is 6. The molecule has 22 heteroatoms. The Bertz CT molecular complexity index is 2250. The average molecular weight is 903 g/mol. The number of nitrogens with zero attached hydrogens (tertiary/aromatic N) is 3. The minimum Gasteiger partial charge on any atom is -0.471 e. The lowest BCUT2D eigenvalue weighted by Gasteiger charge is -2.36. The van der Waals surface area contributed by atoms with E-state index < -0.39 is 137 Å². The van der Waals surface area contributed by atoms with Crippen LogP contribution in [0.15, 0.2) is 18.2 Å². The molecule has 62 heavy (non-hydrogen) atoms. The number of halogens is 6. The molecule has 15 nitrogen and oxygen atoms in total. The van der Waals surface area contributed by atoms with E-state index >= 15 is 8.78 Å². The molecule has 340 valence electrons. The maximum absolute atomic E-state index is 16.4. The van der Waals surface area contributed by atoms with Crippen LogP contribution in [0.4, 0.5) is 31.1 Å². The molecule has 8 rings (SSSR count). The van der Waals surface area contributed by atoms with Gasteiger partial charge in [0.25, 0.3) is 11.8 Å². The standard InChI is InChI=1S/C40H48F6N6O9S/c1-38(2,3)30-34(54)52-17-20(15-27(52)32(53)50-39(16-24(39)31(41)42)35(55)51-62(57,58)21-8-9-21)59-33-29(47-25-10-7-19(60-36(43)44)14-26(25)48-33)40(45,46)11-5-4-6-22-23-12-18(23)13-28(22)61-37(56)49-30/h7,10,14,18,20-24,27-28,30-31,36H,4-6,8-9,11-13,15-17H2,1-3H3,(H,49,56)(H,50,53)(H,51,55)/t18-,20+,22+,23-,24-,27-,28+,30+,39+/m0/s1. The average Bonchev–Trinajstić information content (AvgIpc) is 4.11. The van der Waals surface area contributed by atoms with Gasteiger partial charge in [0.2, 0.25) is 34.1 Å². The van der Waals surface area contributed by atoms with Gasteiger partial charge in [-0.25, -0.2) is 32.0 Å². The zero-order chi connectivity index (χ0) is 44.7. The lowest BCUT2D eigenvalue weighted by molar-refractivity contribution is -0.143. The summed E-state index contributed by atoms with van der Waals surface area (Å²) in [5.41, 5.74) is -4.60. The topological polar surface area (TPSA) is 195 Å². The van der Waals surface area contributed by atoms with E-state index in [-0.39, 0.29) is 47.9 Å². The number of nitrogens with one attached hydrogen (secondary N) is 3. The molecular formula is C40H48F6N6O9S. The number of rotatable bonds is 8. The lowest BCUT2D eigenvalue weighted by Crippen LogP contribution is -2.60. The van der Waals surface area contributed by atoms with Gasteiger partial charge in [0, 0.05) is 18.9 Å². The van der Waals surface area contributed by atoms with Crippen molar-refractivity contribution < 1.29 is 68.1 Å². The second kappa shape index (κ2) is 15.9. The molecule has 0 radical (unpaired) electrons. The number of amides is 4. The third-order valence-electron chi connectivity index (χ3n) is 13.0. The normalized spacial score (nSPS) is 32.3. The van der Waals surface area contributed by atoms with Crippen molar-refractivity contribution in [1.29, 1.82) is 0 Å². The van der Waals surface area contributed by atoms with Crippen LogP contribution in [0.25, 0.3) is 11.0 Å². The van der Waals surface area contributed by atoms with Crippen LogP contribution in [-0.2, 0) is 35.1 Å². The first kappa shape index (κ1) is 44.0. The number of carbonyl (C=O) groups excluding carboxylic acids is 4. The highest BCUT2D eigenvalue weighted by atomic mass is 32.2. The van der Waals surface area contributed by atoms with E-state index in [1.807, 2.05) is 4.72 Å². The Labute approximate surface area is 352 Å². The Hall–Kier alpha value is -4.63. The number of hydrogen-bond acceptors (Lipinski definition) is 11. The number of carbonyl (C=O) groups is 4. The zero-order valence-corrected chi connectivity index (χ0v) is 34.9. The third kappa shape index (κ3) is 8.80. The van der Waals surface area contributed by atoms with Gasteiger partial charge in [-0.05, 0) is 80.2 Å². The molecule has 0 unspecified atom stereocenters. The second-order valence-corrected chi connectivity index (χ2v) is 20.5. The van der Waals surface area contributed by atoms with Gasteiger partial charge >= 0.3 is 12.7 Å². The first-order valence-electron chi connectivity index (χ1n) is 20.8. The van der Waals surface area contributed by atoms with Gasteiger partial charge in [0.1, 0.15) is 35.6 Å². The first-order chi connectivity index (χ1) is 29.1. The van der Waals surface area contributed by atoms with E-state index in [4.69, 9.17) is 9.47 Å². The Morgan fingerprint density at radius 2 is 1.73 bits per heavy atom. The summed E-state index contributed by atoms with van der Waals surface area (Å²) in [7, 11) is -4.25. The SMILES string of the molecule is CC(C)(C)[C@@H]1NC(=O)O[C@@H]2C[C@@H]3C[C@@H]3[C@H]2CCCCC(F)(F)c2nc3ccc(OC(F)F)cc3nc2O[C@@H]2C[C@@H](C(=O)N[C@]3(C(=O)NS(=O)(=O)C4CC4)C[C@H]3C(F)F)N(C2)C1=O. The van der Waals surface area contributed by atoms with Gasteiger partial charge in [-0.15, -0.1) is 0 Å². The van der Waals surface area contributed by atoms with Crippen molar-refractivity contribution in [3.63, 3.8) is 0 Å². The summed E-state index contributed by atoms with van der Waals surface area (Å²) in [5.74, 6) is -9.51. The van der Waals surface area contributed by atoms with E-state index in [2.05, 4.69) is 25.3 Å². The summed E-state index contributed by atoms with van der Waals surface area (Å²) in [4.78, 5) is 65.5. The second-order valence-electron chi connectivity index (χ2n) is 18.6. The van der Waals surface area contributed by atoms with Crippen molar-refractivity contribution in [3.8, 4) is 11.6 Å².